The van der Waals surface area contributed by atoms with Crippen molar-refractivity contribution in [2.24, 2.45) is 0 Å². The van der Waals surface area contributed by atoms with Crippen molar-refractivity contribution in [3.05, 3.63) is 47.5 Å². The van der Waals surface area contributed by atoms with Gasteiger partial charge in [-0.2, -0.15) is 0 Å². The summed E-state index contributed by atoms with van der Waals surface area (Å²) in [6.45, 7) is 2.27. The van der Waals surface area contributed by atoms with Gasteiger partial charge in [-0.3, -0.25) is 4.79 Å². The number of aromatic nitrogens is 2. The molecule has 160 valence electrons. The van der Waals surface area contributed by atoms with Gasteiger partial charge in [0.15, 0.2) is 5.13 Å². The predicted octanol–water partition coefficient (Wildman–Crippen LogP) is 4.77. The van der Waals surface area contributed by atoms with Crippen LogP contribution in [0.5, 0.6) is 5.75 Å². The monoisotopic (exact) mass is 464 g/mol. The molecule has 2 aromatic carbocycles. The van der Waals surface area contributed by atoms with Crippen molar-refractivity contribution in [1.82, 2.24) is 14.9 Å². The number of halogens is 3. The summed E-state index contributed by atoms with van der Waals surface area (Å²) in [7, 11) is 0. The fourth-order valence-electron chi connectivity index (χ4n) is 3.50. The van der Waals surface area contributed by atoms with E-state index in [1.807, 2.05) is 17.0 Å². The fraction of sp³-hybridized carbons (Fsp3) is 0.250. The number of benzene rings is 2. The Balaban J connectivity index is 1.27. The molecule has 11 heteroatoms. The maximum absolute atomic E-state index is 12.9. The van der Waals surface area contributed by atoms with Crippen molar-refractivity contribution in [2.75, 3.05) is 31.1 Å². The van der Waals surface area contributed by atoms with Gasteiger partial charge in [-0.25, -0.2) is 9.97 Å². The molecule has 0 spiro atoms. The molecule has 2 aromatic heterocycles. The molecule has 1 fully saturated rings. The first-order chi connectivity index (χ1) is 14.9. The number of piperazine rings is 1. The number of carbonyl (C=O) groups is 1. The van der Waals surface area contributed by atoms with E-state index in [1.54, 1.807) is 16.5 Å². The average Bonchev–Trinajstić information content (AvgIpc) is 3.38. The molecule has 0 radical (unpaired) electrons. The molecule has 1 amide bonds. The quantitative estimate of drug-likeness (QED) is 0.437. The number of hydrogen-bond acceptors (Lipinski definition) is 7. The lowest BCUT2D eigenvalue weighted by Crippen LogP contribution is -2.48. The second-order valence-electron chi connectivity index (χ2n) is 6.99. The van der Waals surface area contributed by atoms with E-state index < -0.39 is 6.36 Å². The third kappa shape index (κ3) is 4.15. The summed E-state index contributed by atoms with van der Waals surface area (Å²) in [5, 5.41) is 0.720. The van der Waals surface area contributed by atoms with E-state index in [1.165, 1.54) is 40.9 Å². The molecule has 0 N–H and O–H groups in total. The molecule has 5 rings (SSSR count). The largest absolute Gasteiger partial charge is 0.573 e. The molecule has 0 unspecified atom stereocenters. The van der Waals surface area contributed by atoms with Gasteiger partial charge < -0.3 is 14.5 Å². The zero-order valence-corrected chi connectivity index (χ0v) is 17.6. The molecule has 31 heavy (non-hydrogen) atoms. The molecule has 0 bridgehead atoms. The first-order valence-corrected chi connectivity index (χ1v) is 11.1. The van der Waals surface area contributed by atoms with Crippen LogP contribution in [0.25, 0.3) is 20.4 Å². The van der Waals surface area contributed by atoms with Gasteiger partial charge in [0.05, 0.1) is 25.9 Å². The zero-order valence-electron chi connectivity index (χ0n) is 15.9. The number of fused-ring (bicyclic) bond motifs is 2. The van der Waals surface area contributed by atoms with Crippen LogP contribution in [-0.4, -0.2) is 53.3 Å². The summed E-state index contributed by atoms with van der Waals surface area (Å²) in [4.78, 5) is 25.5. The second-order valence-corrected chi connectivity index (χ2v) is 8.88. The minimum atomic E-state index is -4.73. The number of carbonyl (C=O) groups excluding carboxylic acids is 1. The van der Waals surface area contributed by atoms with Gasteiger partial charge in [-0.1, -0.05) is 11.3 Å². The molecule has 0 aliphatic carbocycles. The maximum Gasteiger partial charge on any atom is 0.573 e. The van der Waals surface area contributed by atoms with Gasteiger partial charge in [-0.05, 0) is 30.3 Å². The highest BCUT2D eigenvalue weighted by Gasteiger charge is 2.31. The SMILES string of the molecule is O=C(c1ccc2ncsc2c1)N1CCN(c2nc3ccc(OC(F)(F)F)cc3s2)CC1. The molecule has 1 saturated heterocycles. The Morgan fingerprint density at radius 1 is 1.00 bits per heavy atom. The molecule has 6 nitrogen and oxygen atoms in total. The van der Waals surface area contributed by atoms with E-state index in [0.717, 1.165) is 15.3 Å². The Morgan fingerprint density at radius 3 is 2.55 bits per heavy atom. The molecular formula is C20H15F3N4O2S2. The normalized spacial score (nSPS) is 15.1. The number of thiazole rings is 2. The number of ether oxygens (including phenoxy) is 1. The van der Waals surface area contributed by atoms with Crippen LogP contribution >= 0.6 is 22.7 Å². The summed E-state index contributed by atoms with van der Waals surface area (Å²) >= 11 is 2.81. The Morgan fingerprint density at radius 2 is 1.77 bits per heavy atom. The van der Waals surface area contributed by atoms with Gasteiger partial charge in [0.25, 0.3) is 5.91 Å². The van der Waals surface area contributed by atoms with Crippen LogP contribution in [0.15, 0.2) is 41.9 Å². The van der Waals surface area contributed by atoms with Gasteiger partial charge in [0.1, 0.15) is 5.75 Å². The number of amides is 1. The Labute approximate surface area is 182 Å². The Kier molecular flexibility index (Phi) is 4.94. The van der Waals surface area contributed by atoms with Crippen LogP contribution in [0, 0.1) is 0 Å². The summed E-state index contributed by atoms with van der Waals surface area (Å²) in [5.74, 6) is -0.281. The third-order valence-corrected chi connectivity index (χ3v) is 6.87. The Bertz CT molecular complexity index is 1260. The van der Waals surface area contributed by atoms with Crippen LogP contribution in [0.1, 0.15) is 10.4 Å². The third-order valence-electron chi connectivity index (χ3n) is 5.00. The fourth-order valence-corrected chi connectivity index (χ4v) is 5.26. The predicted molar refractivity (Wildman–Crippen MR) is 114 cm³/mol. The van der Waals surface area contributed by atoms with Crippen LogP contribution in [0.4, 0.5) is 18.3 Å². The van der Waals surface area contributed by atoms with Crippen molar-refractivity contribution >= 4 is 54.1 Å². The minimum Gasteiger partial charge on any atom is -0.406 e. The van der Waals surface area contributed by atoms with Gasteiger partial charge in [0.2, 0.25) is 0 Å². The van der Waals surface area contributed by atoms with Crippen LogP contribution in [0.3, 0.4) is 0 Å². The van der Waals surface area contributed by atoms with E-state index >= 15 is 0 Å². The summed E-state index contributed by atoms with van der Waals surface area (Å²) in [6.07, 6.45) is -4.73. The van der Waals surface area contributed by atoms with E-state index in [2.05, 4.69) is 14.7 Å². The highest BCUT2D eigenvalue weighted by atomic mass is 32.1. The second kappa shape index (κ2) is 7.65. The summed E-state index contributed by atoms with van der Waals surface area (Å²) in [6, 6.07) is 9.65. The summed E-state index contributed by atoms with van der Waals surface area (Å²) < 4.78 is 42.9. The van der Waals surface area contributed by atoms with Crippen LogP contribution in [-0.2, 0) is 0 Å². The zero-order chi connectivity index (χ0) is 21.6. The molecule has 0 saturated carbocycles. The van der Waals surface area contributed by atoms with E-state index in [4.69, 9.17) is 0 Å². The topological polar surface area (TPSA) is 58.6 Å². The highest BCUT2D eigenvalue weighted by Crippen LogP contribution is 2.33. The number of nitrogens with zero attached hydrogens (tertiary/aromatic N) is 4. The van der Waals surface area contributed by atoms with Gasteiger partial charge in [-0.15, -0.1) is 24.5 Å². The average molecular weight is 464 g/mol. The van der Waals surface area contributed by atoms with Crippen molar-refractivity contribution < 1.29 is 22.7 Å². The molecule has 1 aliphatic heterocycles. The molecule has 1 aliphatic rings. The number of alkyl halides is 3. The standard InChI is InChI=1S/C20H15F3N4O2S2/c21-20(22,23)29-13-2-4-15-17(10-13)31-19(25-15)27-7-5-26(6-8-27)18(28)12-1-3-14-16(9-12)30-11-24-14/h1-4,9-11H,5-8H2. The lowest BCUT2D eigenvalue weighted by molar-refractivity contribution is -0.274. The van der Waals surface area contributed by atoms with Crippen molar-refractivity contribution in [3.63, 3.8) is 0 Å². The van der Waals surface area contributed by atoms with E-state index in [0.29, 0.717) is 42.0 Å². The molecule has 4 aromatic rings. The van der Waals surface area contributed by atoms with Gasteiger partial charge >= 0.3 is 6.36 Å². The number of anilines is 1. The van der Waals surface area contributed by atoms with Crippen molar-refractivity contribution in [1.29, 1.82) is 0 Å². The van der Waals surface area contributed by atoms with E-state index in [-0.39, 0.29) is 11.7 Å². The van der Waals surface area contributed by atoms with Crippen molar-refractivity contribution in [2.45, 2.75) is 6.36 Å². The first kappa shape index (κ1) is 20.0. The summed E-state index contributed by atoms with van der Waals surface area (Å²) in [5.41, 5.74) is 3.90. The van der Waals surface area contributed by atoms with E-state index in [9.17, 15) is 18.0 Å². The molecule has 3 heterocycles. The van der Waals surface area contributed by atoms with Crippen molar-refractivity contribution in [3.8, 4) is 5.75 Å². The highest BCUT2D eigenvalue weighted by molar-refractivity contribution is 7.22. The number of hydrogen-bond donors (Lipinski definition) is 0. The maximum atomic E-state index is 12.9. The minimum absolute atomic E-state index is 0.0202. The lowest BCUT2D eigenvalue weighted by atomic mass is 10.1. The molecular weight excluding hydrogens is 449 g/mol. The lowest BCUT2D eigenvalue weighted by Gasteiger charge is -2.34. The van der Waals surface area contributed by atoms with Crippen LogP contribution < -0.4 is 9.64 Å². The van der Waals surface area contributed by atoms with Gasteiger partial charge in [0, 0.05) is 37.8 Å². The molecule has 0 atom stereocenters. The Hall–Kier alpha value is -2.92. The first-order valence-electron chi connectivity index (χ1n) is 9.39. The smallest absolute Gasteiger partial charge is 0.406 e. The number of rotatable bonds is 3. The van der Waals surface area contributed by atoms with Crippen LogP contribution in [0.2, 0.25) is 0 Å².